The molecule has 46 heavy (non-hydrogen) atoms. The molecule has 2 nitrogen and oxygen atoms in total. The fraction of sp³-hybridized carbons (Fsp3) is 0.136. The topological polar surface area (TPSA) is 6.48 Å². The van der Waals surface area contributed by atoms with Crippen LogP contribution in [-0.4, -0.2) is 0 Å². The lowest BCUT2D eigenvalue weighted by atomic mass is 9.93. The standard InChI is InChI=1S/C44H40N2/c1-29-15-21-35(22-16-29)45(41-13-9-7-11-33(41)5)43-37-25-19-32(4)28-40(37)44(38-26-20-31(3)27-39(38)43)46(36-23-17-30(2)18-24-36)42-14-10-8-12-34(42)6/h7-28H,1-6H3. The summed E-state index contributed by atoms with van der Waals surface area (Å²) in [5, 5.41) is 4.88. The van der Waals surface area contributed by atoms with Gasteiger partial charge in [-0.3, -0.25) is 0 Å². The molecule has 226 valence electrons. The van der Waals surface area contributed by atoms with E-state index in [9.17, 15) is 0 Å². The van der Waals surface area contributed by atoms with Gasteiger partial charge in [-0.05, 0) is 101 Å². The Morgan fingerprint density at radius 3 is 1.04 bits per heavy atom. The summed E-state index contributed by atoms with van der Waals surface area (Å²) in [5.74, 6) is 0. The molecule has 0 N–H and O–H groups in total. The van der Waals surface area contributed by atoms with E-state index >= 15 is 0 Å². The summed E-state index contributed by atoms with van der Waals surface area (Å²) in [6, 6.07) is 49.2. The molecule has 0 aliphatic carbocycles. The van der Waals surface area contributed by atoms with Crippen LogP contribution < -0.4 is 9.80 Å². The molecule has 0 radical (unpaired) electrons. The summed E-state index contributed by atoms with van der Waals surface area (Å²) >= 11 is 0. The van der Waals surface area contributed by atoms with Crippen LogP contribution in [0, 0.1) is 41.5 Å². The van der Waals surface area contributed by atoms with Crippen molar-refractivity contribution in [2.45, 2.75) is 41.5 Å². The van der Waals surface area contributed by atoms with Gasteiger partial charge in [0.1, 0.15) is 0 Å². The van der Waals surface area contributed by atoms with Crippen LogP contribution in [0.2, 0.25) is 0 Å². The van der Waals surface area contributed by atoms with Gasteiger partial charge < -0.3 is 9.80 Å². The van der Waals surface area contributed by atoms with Gasteiger partial charge in [0.05, 0.1) is 11.4 Å². The minimum absolute atomic E-state index is 1.15. The van der Waals surface area contributed by atoms with Crippen LogP contribution in [0.25, 0.3) is 21.5 Å². The highest BCUT2D eigenvalue weighted by molar-refractivity contribution is 6.23. The van der Waals surface area contributed by atoms with Crippen molar-refractivity contribution < 1.29 is 0 Å². The number of benzene rings is 7. The van der Waals surface area contributed by atoms with Crippen molar-refractivity contribution in [3.63, 3.8) is 0 Å². The smallest absolute Gasteiger partial charge is 0.0620 e. The molecule has 7 rings (SSSR count). The Kier molecular flexibility index (Phi) is 7.58. The summed E-state index contributed by atoms with van der Waals surface area (Å²) in [6.07, 6.45) is 0. The van der Waals surface area contributed by atoms with Crippen LogP contribution in [0.3, 0.4) is 0 Å². The van der Waals surface area contributed by atoms with Gasteiger partial charge in [-0.25, -0.2) is 0 Å². The van der Waals surface area contributed by atoms with E-state index in [2.05, 4.69) is 185 Å². The maximum Gasteiger partial charge on any atom is 0.0620 e. The molecule has 0 saturated heterocycles. The highest BCUT2D eigenvalue weighted by Gasteiger charge is 2.26. The van der Waals surface area contributed by atoms with Gasteiger partial charge in [0.15, 0.2) is 0 Å². The molecule has 0 bridgehead atoms. The lowest BCUT2D eigenvalue weighted by Gasteiger charge is -2.34. The molecule has 0 fully saturated rings. The van der Waals surface area contributed by atoms with E-state index in [-0.39, 0.29) is 0 Å². The van der Waals surface area contributed by atoms with Gasteiger partial charge >= 0.3 is 0 Å². The first-order chi connectivity index (χ1) is 22.3. The zero-order valence-corrected chi connectivity index (χ0v) is 27.6. The maximum atomic E-state index is 2.47. The molecule has 0 heterocycles. The molecule has 7 aromatic rings. The largest absolute Gasteiger partial charge is 0.309 e. The third-order valence-corrected chi connectivity index (χ3v) is 9.11. The van der Waals surface area contributed by atoms with Gasteiger partial charge in [0.25, 0.3) is 0 Å². The number of aryl methyl sites for hydroxylation is 6. The van der Waals surface area contributed by atoms with Crippen molar-refractivity contribution in [3.05, 3.63) is 167 Å². The number of anilines is 6. The van der Waals surface area contributed by atoms with Crippen LogP contribution in [0.15, 0.2) is 133 Å². The third kappa shape index (κ3) is 5.20. The normalized spacial score (nSPS) is 11.3. The van der Waals surface area contributed by atoms with Crippen LogP contribution >= 0.6 is 0 Å². The molecule has 0 atom stereocenters. The Labute approximate surface area is 273 Å². The van der Waals surface area contributed by atoms with E-state index in [0.29, 0.717) is 0 Å². The second-order valence-corrected chi connectivity index (χ2v) is 12.7. The third-order valence-electron chi connectivity index (χ3n) is 9.11. The molecule has 0 saturated carbocycles. The Balaban J connectivity index is 1.67. The van der Waals surface area contributed by atoms with Gasteiger partial charge in [0.2, 0.25) is 0 Å². The predicted octanol–water partition coefficient (Wildman–Crippen LogP) is 12.8. The van der Waals surface area contributed by atoms with E-state index < -0.39 is 0 Å². The van der Waals surface area contributed by atoms with Gasteiger partial charge in [-0.2, -0.15) is 0 Å². The summed E-state index contributed by atoms with van der Waals surface area (Å²) < 4.78 is 0. The average Bonchev–Trinajstić information content (AvgIpc) is 3.05. The average molecular weight is 597 g/mol. The minimum Gasteiger partial charge on any atom is -0.309 e. The first-order valence-electron chi connectivity index (χ1n) is 16.1. The second kappa shape index (κ2) is 11.9. The first kappa shape index (κ1) is 29.4. The van der Waals surface area contributed by atoms with Crippen molar-refractivity contribution in [2.24, 2.45) is 0 Å². The molecule has 0 unspecified atom stereocenters. The van der Waals surface area contributed by atoms with Gasteiger partial charge in [-0.1, -0.05) is 107 Å². The molecule has 0 spiro atoms. The Bertz CT molecular complexity index is 2050. The number of rotatable bonds is 6. The van der Waals surface area contributed by atoms with Crippen molar-refractivity contribution in [3.8, 4) is 0 Å². The van der Waals surface area contributed by atoms with Gasteiger partial charge in [-0.15, -0.1) is 0 Å². The van der Waals surface area contributed by atoms with Crippen LogP contribution in [-0.2, 0) is 0 Å². The molecule has 0 amide bonds. The van der Waals surface area contributed by atoms with E-state index in [1.54, 1.807) is 0 Å². The molecule has 2 heteroatoms. The lowest BCUT2D eigenvalue weighted by molar-refractivity contribution is 1.25. The number of fused-ring (bicyclic) bond motifs is 2. The fourth-order valence-corrected chi connectivity index (χ4v) is 6.69. The predicted molar refractivity (Wildman–Crippen MR) is 199 cm³/mol. The Morgan fingerprint density at radius 1 is 0.326 bits per heavy atom. The quantitative estimate of drug-likeness (QED) is 0.139. The van der Waals surface area contributed by atoms with Crippen LogP contribution in [0.5, 0.6) is 0 Å². The molecule has 0 aliphatic heterocycles. The highest BCUT2D eigenvalue weighted by atomic mass is 15.2. The fourth-order valence-electron chi connectivity index (χ4n) is 6.69. The zero-order valence-electron chi connectivity index (χ0n) is 27.6. The zero-order chi connectivity index (χ0) is 31.9. The van der Waals surface area contributed by atoms with E-state index in [4.69, 9.17) is 0 Å². The summed E-state index contributed by atoms with van der Waals surface area (Å²) in [5.41, 5.74) is 14.5. The monoisotopic (exact) mass is 596 g/mol. The molecular weight excluding hydrogens is 556 g/mol. The van der Waals surface area contributed by atoms with Crippen molar-refractivity contribution in [1.29, 1.82) is 0 Å². The number of para-hydroxylation sites is 2. The van der Waals surface area contributed by atoms with Gasteiger partial charge in [0, 0.05) is 44.3 Å². The van der Waals surface area contributed by atoms with Crippen LogP contribution in [0.1, 0.15) is 33.4 Å². The summed E-state index contributed by atoms with van der Waals surface area (Å²) in [4.78, 5) is 4.95. The van der Waals surface area contributed by atoms with E-state index in [0.717, 1.165) is 11.4 Å². The maximum absolute atomic E-state index is 2.47. The second-order valence-electron chi connectivity index (χ2n) is 12.7. The summed E-state index contributed by atoms with van der Waals surface area (Å²) in [7, 11) is 0. The Hall–Kier alpha value is -5.34. The molecule has 0 aromatic heterocycles. The van der Waals surface area contributed by atoms with Crippen molar-refractivity contribution in [1.82, 2.24) is 0 Å². The number of nitrogens with zero attached hydrogens (tertiary/aromatic N) is 2. The van der Waals surface area contributed by atoms with E-state index in [1.165, 1.54) is 77.7 Å². The minimum atomic E-state index is 1.15. The lowest BCUT2D eigenvalue weighted by Crippen LogP contribution is -2.16. The Morgan fingerprint density at radius 2 is 0.674 bits per heavy atom. The molecule has 0 aliphatic rings. The van der Waals surface area contributed by atoms with E-state index in [1.807, 2.05) is 0 Å². The molecule has 7 aromatic carbocycles. The number of hydrogen-bond donors (Lipinski definition) is 0. The first-order valence-corrected chi connectivity index (χ1v) is 16.1. The number of hydrogen-bond acceptors (Lipinski definition) is 2. The van der Waals surface area contributed by atoms with Crippen molar-refractivity contribution in [2.75, 3.05) is 9.80 Å². The SMILES string of the molecule is Cc1ccc(N(c2ccccc2C)c2c3ccc(C)cc3c(N(c3ccc(C)cc3)c3ccccc3C)c3ccc(C)cc23)cc1. The summed E-state index contributed by atoms with van der Waals surface area (Å²) in [6.45, 7) is 13.1. The van der Waals surface area contributed by atoms with Crippen molar-refractivity contribution >= 4 is 55.7 Å². The molecular formula is C44H40N2. The highest BCUT2D eigenvalue weighted by Crippen LogP contribution is 2.52. The van der Waals surface area contributed by atoms with Crippen LogP contribution in [0.4, 0.5) is 34.1 Å².